The molecule has 7 nitrogen and oxygen atoms in total. The Morgan fingerprint density at radius 1 is 1.47 bits per heavy atom. The van der Waals surface area contributed by atoms with Crippen LogP contribution < -0.4 is 11.1 Å². The van der Waals surface area contributed by atoms with Crippen molar-refractivity contribution in [3.05, 3.63) is 29.8 Å². The van der Waals surface area contributed by atoms with Crippen LogP contribution >= 0.6 is 12.2 Å². The lowest BCUT2D eigenvalue weighted by atomic mass is 10.4. The molecule has 0 bridgehead atoms. The van der Waals surface area contributed by atoms with E-state index >= 15 is 0 Å². The van der Waals surface area contributed by atoms with Gasteiger partial charge < -0.3 is 15.6 Å². The van der Waals surface area contributed by atoms with Crippen LogP contribution in [-0.2, 0) is 6.54 Å². The topological polar surface area (TPSA) is 103 Å². The SMILES string of the molecule is Cc1noc(CNc2cnc(C(N)=S)cn2)n1. The third-order valence-electron chi connectivity index (χ3n) is 1.89. The van der Waals surface area contributed by atoms with E-state index in [1.165, 1.54) is 12.4 Å². The smallest absolute Gasteiger partial charge is 0.245 e. The summed E-state index contributed by atoms with van der Waals surface area (Å²) in [6, 6.07) is 0. The molecular formula is C9H10N6OS. The normalized spacial score (nSPS) is 10.2. The van der Waals surface area contributed by atoms with Gasteiger partial charge in [0, 0.05) is 0 Å². The summed E-state index contributed by atoms with van der Waals surface area (Å²) in [5, 5.41) is 6.66. The first-order valence-electron chi connectivity index (χ1n) is 4.80. The Hall–Kier alpha value is -2.09. The molecule has 0 aliphatic rings. The van der Waals surface area contributed by atoms with Crippen molar-refractivity contribution in [2.24, 2.45) is 5.73 Å². The van der Waals surface area contributed by atoms with Crippen LogP contribution in [0, 0.1) is 6.92 Å². The van der Waals surface area contributed by atoms with Crippen molar-refractivity contribution in [2.75, 3.05) is 5.32 Å². The number of aromatic nitrogens is 4. The molecule has 17 heavy (non-hydrogen) atoms. The molecule has 0 atom stereocenters. The molecule has 8 heteroatoms. The maximum Gasteiger partial charge on any atom is 0.245 e. The standard InChI is InChI=1S/C9H10N6OS/c1-5-14-8(16-15-5)4-13-7-3-11-6(2-12-7)9(10)17/h2-3H,4H2,1H3,(H2,10,17)(H,12,13). The molecule has 3 N–H and O–H groups in total. The number of nitrogens with two attached hydrogens (primary N) is 1. The van der Waals surface area contributed by atoms with Crippen molar-refractivity contribution in [3.63, 3.8) is 0 Å². The minimum absolute atomic E-state index is 0.219. The number of hydrogen-bond donors (Lipinski definition) is 2. The van der Waals surface area contributed by atoms with Crippen molar-refractivity contribution < 1.29 is 4.52 Å². The molecule has 2 heterocycles. The van der Waals surface area contributed by atoms with Crippen LogP contribution in [0.3, 0.4) is 0 Å². The molecule has 0 saturated carbocycles. The van der Waals surface area contributed by atoms with Gasteiger partial charge in [0.2, 0.25) is 5.89 Å². The fourth-order valence-electron chi connectivity index (χ4n) is 1.12. The van der Waals surface area contributed by atoms with E-state index < -0.39 is 0 Å². The molecule has 0 aromatic carbocycles. The van der Waals surface area contributed by atoms with Gasteiger partial charge in [0.1, 0.15) is 16.5 Å². The number of aryl methyl sites for hydroxylation is 1. The lowest BCUT2D eigenvalue weighted by Gasteiger charge is -2.02. The quantitative estimate of drug-likeness (QED) is 0.752. The average molecular weight is 250 g/mol. The van der Waals surface area contributed by atoms with Crippen LogP contribution in [0.4, 0.5) is 5.82 Å². The minimum atomic E-state index is 0.219. The Bertz CT molecular complexity index is 523. The van der Waals surface area contributed by atoms with Gasteiger partial charge in [-0.15, -0.1) is 0 Å². The predicted molar refractivity (Wildman–Crippen MR) is 64.3 cm³/mol. The molecule has 0 fully saturated rings. The summed E-state index contributed by atoms with van der Waals surface area (Å²) in [4.78, 5) is 12.4. The van der Waals surface area contributed by atoms with Crippen LogP contribution in [0.2, 0.25) is 0 Å². The Kier molecular flexibility index (Phi) is 3.24. The second-order valence-corrected chi connectivity index (χ2v) is 3.68. The van der Waals surface area contributed by atoms with Crippen LogP contribution in [0.1, 0.15) is 17.4 Å². The summed E-state index contributed by atoms with van der Waals surface area (Å²) in [5.74, 6) is 1.67. The van der Waals surface area contributed by atoms with E-state index in [9.17, 15) is 0 Å². The molecule has 0 aliphatic carbocycles. The highest BCUT2D eigenvalue weighted by atomic mass is 32.1. The van der Waals surface area contributed by atoms with Gasteiger partial charge in [-0.3, -0.25) is 0 Å². The number of thiocarbonyl (C=S) groups is 1. The number of nitrogens with one attached hydrogen (secondary N) is 1. The van der Waals surface area contributed by atoms with Crippen LogP contribution in [0.25, 0.3) is 0 Å². The molecule has 0 aliphatic heterocycles. The van der Waals surface area contributed by atoms with E-state index in [2.05, 4.69) is 25.4 Å². The summed E-state index contributed by atoms with van der Waals surface area (Å²) in [6.45, 7) is 2.14. The van der Waals surface area contributed by atoms with Crippen molar-refractivity contribution in [2.45, 2.75) is 13.5 Å². The predicted octanol–water partition coefficient (Wildman–Crippen LogP) is 0.414. The Morgan fingerprint density at radius 2 is 2.29 bits per heavy atom. The molecule has 0 radical (unpaired) electrons. The van der Waals surface area contributed by atoms with Crippen LogP contribution in [0.5, 0.6) is 0 Å². The van der Waals surface area contributed by atoms with E-state index in [-0.39, 0.29) is 4.99 Å². The van der Waals surface area contributed by atoms with E-state index in [1.54, 1.807) is 6.92 Å². The van der Waals surface area contributed by atoms with Gasteiger partial charge in [-0.1, -0.05) is 17.4 Å². The number of rotatable bonds is 4. The molecule has 88 valence electrons. The van der Waals surface area contributed by atoms with E-state index in [4.69, 9.17) is 22.5 Å². The third kappa shape index (κ3) is 2.94. The Labute approximate surface area is 102 Å². The van der Waals surface area contributed by atoms with Crippen LogP contribution in [0.15, 0.2) is 16.9 Å². The molecule has 0 amide bonds. The van der Waals surface area contributed by atoms with Gasteiger partial charge in [0.15, 0.2) is 5.82 Å². The third-order valence-corrected chi connectivity index (χ3v) is 2.10. The van der Waals surface area contributed by atoms with Crippen molar-refractivity contribution >= 4 is 23.0 Å². The zero-order valence-corrected chi connectivity index (χ0v) is 9.86. The van der Waals surface area contributed by atoms with Gasteiger partial charge in [0.05, 0.1) is 18.9 Å². The summed E-state index contributed by atoms with van der Waals surface area (Å²) >= 11 is 4.77. The summed E-state index contributed by atoms with van der Waals surface area (Å²) in [5.41, 5.74) is 5.89. The maximum atomic E-state index is 5.41. The second-order valence-electron chi connectivity index (χ2n) is 3.24. The van der Waals surface area contributed by atoms with Crippen molar-refractivity contribution in [1.82, 2.24) is 20.1 Å². The van der Waals surface area contributed by atoms with Gasteiger partial charge in [-0.05, 0) is 6.92 Å². The van der Waals surface area contributed by atoms with E-state index in [0.29, 0.717) is 29.8 Å². The Morgan fingerprint density at radius 3 is 2.82 bits per heavy atom. The maximum absolute atomic E-state index is 5.41. The monoisotopic (exact) mass is 250 g/mol. The molecular weight excluding hydrogens is 240 g/mol. The molecule has 2 aromatic rings. The molecule has 0 spiro atoms. The number of hydrogen-bond acceptors (Lipinski definition) is 7. The zero-order valence-electron chi connectivity index (χ0n) is 9.04. The fraction of sp³-hybridized carbons (Fsp3) is 0.222. The summed E-state index contributed by atoms with van der Waals surface area (Å²) in [6.07, 6.45) is 3.04. The first-order valence-corrected chi connectivity index (χ1v) is 5.21. The van der Waals surface area contributed by atoms with Crippen molar-refractivity contribution in [1.29, 1.82) is 0 Å². The molecule has 2 aromatic heterocycles. The Balaban J connectivity index is 1.97. The van der Waals surface area contributed by atoms with Crippen LogP contribution in [-0.4, -0.2) is 25.1 Å². The lowest BCUT2D eigenvalue weighted by Crippen LogP contribution is -2.12. The van der Waals surface area contributed by atoms with Gasteiger partial charge in [0.25, 0.3) is 0 Å². The molecule has 0 unspecified atom stereocenters. The lowest BCUT2D eigenvalue weighted by molar-refractivity contribution is 0.379. The van der Waals surface area contributed by atoms with E-state index in [1.807, 2.05) is 0 Å². The largest absolute Gasteiger partial charge is 0.388 e. The first kappa shape index (κ1) is 11.4. The summed E-state index contributed by atoms with van der Waals surface area (Å²) in [7, 11) is 0. The van der Waals surface area contributed by atoms with Gasteiger partial charge in [-0.2, -0.15) is 4.98 Å². The fourth-order valence-corrected chi connectivity index (χ4v) is 1.23. The van der Waals surface area contributed by atoms with Crippen molar-refractivity contribution in [3.8, 4) is 0 Å². The van der Waals surface area contributed by atoms with E-state index in [0.717, 1.165) is 0 Å². The summed E-state index contributed by atoms with van der Waals surface area (Å²) < 4.78 is 4.94. The highest BCUT2D eigenvalue weighted by molar-refractivity contribution is 7.80. The first-order chi connectivity index (χ1) is 8.15. The van der Waals surface area contributed by atoms with Gasteiger partial charge in [-0.25, -0.2) is 9.97 Å². The second kappa shape index (κ2) is 4.83. The van der Waals surface area contributed by atoms with Gasteiger partial charge >= 0.3 is 0 Å². The number of nitrogens with zero attached hydrogens (tertiary/aromatic N) is 4. The highest BCUT2D eigenvalue weighted by Crippen LogP contribution is 2.04. The highest BCUT2D eigenvalue weighted by Gasteiger charge is 2.03. The minimum Gasteiger partial charge on any atom is -0.388 e. The zero-order chi connectivity index (χ0) is 12.3. The molecule has 0 saturated heterocycles. The molecule has 2 rings (SSSR count). The average Bonchev–Trinajstić information content (AvgIpc) is 2.73. The number of anilines is 1.